The van der Waals surface area contributed by atoms with E-state index < -0.39 is 0 Å². The third-order valence-corrected chi connectivity index (χ3v) is 2.65. The smallest absolute Gasteiger partial charge is 0.307 e. The molecule has 0 radical (unpaired) electrons. The third-order valence-electron chi connectivity index (χ3n) is 2.65. The molecule has 3 heteroatoms. The molecule has 1 atom stereocenters. The molecule has 0 saturated heterocycles. The predicted octanol–water partition coefficient (Wildman–Crippen LogP) is 2.16. The van der Waals surface area contributed by atoms with Gasteiger partial charge in [-0.3, -0.25) is 4.79 Å². The Hall–Kier alpha value is -1.35. The second-order valence-corrected chi connectivity index (χ2v) is 4.12. The van der Waals surface area contributed by atoms with Gasteiger partial charge in [0.2, 0.25) is 0 Å². The molecule has 1 unspecified atom stereocenters. The third kappa shape index (κ3) is 5.50. The van der Waals surface area contributed by atoms with Gasteiger partial charge in [0, 0.05) is 6.04 Å². The van der Waals surface area contributed by atoms with E-state index in [4.69, 9.17) is 4.74 Å². The minimum Gasteiger partial charge on any atom is -0.469 e. The van der Waals surface area contributed by atoms with Gasteiger partial charge < -0.3 is 10.1 Å². The molecule has 1 rings (SSSR count). The highest BCUT2D eigenvalue weighted by Gasteiger charge is 2.13. The molecule has 1 aromatic carbocycles. The highest BCUT2D eigenvalue weighted by Crippen LogP contribution is 2.06. The number of carbonyl (C=O) groups excluding carboxylic acids is 1. The Kier molecular flexibility index (Phi) is 6.33. The summed E-state index contributed by atoms with van der Waals surface area (Å²) >= 11 is 0. The van der Waals surface area contributed by atoms with Crippen LogP contribution in [0.5, 0.6) is 0 Å². The van der Waals surface area contributed by atoms with Crippen LogP contribution in [0.15, 0.2) is 30.3 Å². The zero-order valence-electron chi connectivity index (χ0n) is 10.6. The minimum atomic E-state index is -0.158. The molecule has 0 saturated carbocycles. The Bertz CT molecular complexity index is 324. The Balaban J connectivity index is 2.53. The first-order valence-corrected chi connectivity index (χ1v) is 6.10. The molecule has 0 aliphatic carbocycles. The summed E-state index contributed by atoms with van der Waals surface area (Å²) in [5.41, 5.74) is 1.24. The molecule has 3 nitrogen and oxygen atoms in total. The largest absolute Gasteiger partial charge is 0.469 e. The van der Waals surface area contributed by atoms with Crippen molar-refractivity contribution in [2.45, 2.75) is 32.2 Å². The number of ether oxygens (including phenoxy) is 1. The normalized spacial score (nSPS) is 12.1. The Morgan fingerprint density at radius 1 is 1.35 bits per heavy atom. The Morgan fingerprint density at radius 3 is 2.65 bits per heavy atom. The van der Waals surface area contributed by atoms with Crippen molar-refractivity contribution in [3.8, 4) is 0 Å². The summed E-state index contributed by atoms with van der Waals surface area (Å²) in [5, 5.41) is 3.38. The van der Waals surface area contributed by atoms with Crippen LogP contribution in [-0.4, -0.2) is 25.7 Å². The standard InChI is InChI=1S/C14H21NO2/c1-3-9-15-13(11-14(16)17-2)10-12-7-5-4-6-8-12/h4-8,13,15H,3,9-11H2,1-2H3. The first-order valence-electron chi connectivity index (χ1n) is 6.10. The first-order chi connectivity index (χ1) is 8.26. The molecule has 0 spiro atoms. The lowest BCUT2D eigenvalue weighted by Crippen LogP contribution is -2.34. The van der Waals surface area contributed by atoms with Gasteiger partial charge in [-0.25, -0.2) is 0 Å². The number of carbonyl (C=O) groups is 1. The molecule has 1 N–H and O–H groups in total. The van der Waals surface area contributed by atoms with E-state index in [1.54, 1.807) is 0 Å². The van der Waals surface area contributed by atoms with E-state index in [9.17, 15) is 4.79 Å². The van der Waals surface area contributed by atoms with Crippen molar-refractivity contribution in [2.75, 3.05) is 13.7 Å². The summed E-state index contributed by atoms with van der Waals surface area (Å²) in [4.78, 5) is 11.3. The molecule has 0 aliphatic heterocycles. The lowest BCUT2D eigenvalue weighted by molar-refractivity contribution is -0.141. The van der Waals surface area contributed by atoms with Gasteiger partial charge in [0.05, 0.1) is 13.5 Å². The second-order valence-electron chi connectivity index (χ2n) is 4.12. The highest BCUT2D eigenvalue weighted by atomic mass is 16.5. The lowest BCUT2D eigenvalue weighted by Gasteiger charge is -2.17. The maximum Gasteiger partial charge on any atom is 0.307 e. The highest BCUT2D eigenvalue weighted by molar-refractivity contribution is 5.69. The van der Waals surface area contributed by atoms with Crippen LogP contribution >= 0.6 is 0 Å². The quantitative estimate of drug-likeness (QED) is 0.736. The van der Waals surface area contributed by atoms with Crippen molar-refractivity contribution >= 4 is 5.97 Å². The van der Waals surface area contributed by atoms with Crippen LogP contribution in [0.3, 0.4) is 0 Å². The average Bonchev–Trinajstić information content (AvgIpc) is 2.37. The number of methoxy groups -OCH3 is 1. The van der Waals surface area contributed by atoms with E-state index in [2.05, 4.69) is 24.4 Å². The van der Waals surface area contributed by atoms with Gasteiger partial charge in [0.15, 0.2) is 0 Å². The second kappa shape index (κ2) is 7.85. The molecule has 0 bridgehead atoms. The van der Waals surface area contributed by atoms with Crippen LogP contribution in [-0.2, 0) is 16.0 Å². The summed E-state index contributed by atoms with van der Waals surface area (Å²) in [5.74, 6) is -0.158. The van der Waals surface area contributed by atoms with Gasteiger partial charge in [-0.2, -0.15) is 0 Å². The van der Waals surface area contributed by atoms with E-state index in [-0.39, 0.29) is 12.0 Å². The number of benzene rings is 1. The van der Waals surface area contributed by atoms with Gasteiger partial charge in [-0.15, -0.1) is 0 Å². The number of esters is 1. The summed E-state index contributed by atoms with van der Waals surface area (Å²) in [7, 11) is 1.43. The van der Waals surface area contributed by atoms with Gasteiger partial charge in [-0.05, 0) is 24.9 Å². The number of nitrogens with one attached hydrogen (secondary N) is 1. The van der Waals surface area contributed by atoms with E-state index in [1.165, 1.54) is 12.7 Å². The molecule has 0 aliphatic rings. The van der Waals surface area contributed by atoms with Crippen molar-refractivity contribution in [1.82, 2.24) is 5.32 Å². The molecule has 0 aromatic heterocycles. The molecule has 0 amide bonds. The topological polar surface area (TPSA) is 38.3 Å². The Morgan fingerprint density at radius 2 is 2.06 bits per heavy atom. The van der Waals surface area contributed by atoms with Crippen LogP contribution in [0.2, 0.25) is 0 Å². The SMILES string of the molecule is CCCNC(CC(=O)OC)Cc1ccccc1. The van der Waals surface area contributed by atoms with Gasteiger partial charge in [0.1, 0.15) is 0 Å². The molecule has 0 heterocycles. The van der Waals surface area contributed by atoms with E-state index in [1.807, 2.05) is 18.2 Å². The fourth-order valence-electron chi connectivity index (χ4n) is 1.75. The summed E-state index contributed by atoms with van der Waals surface area (Å²) in [6.45, 7) is 3.04. The zero-order chi connectivity index (χ0) is 12.5. The lowest BCUT2D eigenvalue weighted by atomic mass is 10.0. The molecular formula is C14H21NO2. The van der Waals surface area contributed by atoms with Crippen molar-refractivity contribution in [1.29, 1.82) is 0 Å². The monoisotopic (exact) mass is 235 g/mol. The van der Waals surface area contributed by atoms with Crippen LogP contribution in [0.1, 0.15) is 25.3 Å². The predicted molar refractivity (Wildman–Crippen MR) is 68.9 cm³/mol. The zero-order valence-corrected chi connectivity index (χ0v) is 10.6. The van der Waals surface area contributed by atoms with Crippen LogP contribution in [0.25, 0.3) is 0 Å². The number of hydrogen-bond donors (Lipinski definition) is 1. The van der Waals surface area contributed by atoms with Crippen LogP contribution in [0.4, 0.5) is 0 Å². The average molecular weight is 235 g/mol. The van der Waals surface area contributed by atoms with E-state index >= 15 is 0 Å². The van der Waals surface area contributed by atoms with Crippen molar-refractivity contribution in [2.24, 2.45) is 0 Å². The fourth-order valence-corrected chi connectivity index (χ4v) is 1.75. The molecule has 94 valence electrons. The van der Waals surface area contributed by atoms with Gasteiger partial charge in [-0.1, -0.05) is 37.3 Å². The molecule has 0 fully saturated rings. The summed E-state index contributed by atoms with van der Waals surface area (Å²) < 4.78 is 4.72. The van der Waals surface area contributed by atoms with E-state index in [0.29, 0.717) is 6.42 Å². The van der Waals surface area contributed by atoms with Gasteiger partial charge >= 0.3 is 5.97 Å². The minimum absolute atomic E-state index is 0.157. The number of rotatable bonds is 7. The van der Waals surface area contributed by atoms with Crippen LogP contribution in [0, 0.1) is 0 Å². The molecule has 1 aromatic rings. The first kappa shape index (κ1) is 13.7. The molecule has 17 heavy (non-hydrogen) atoms. The summed E-state index contributed by atoms with van der Waals surface area (Å²) in [6.07, 6.45) is 2.34. The molecular weight excluding hydrogens is 214 g/mol. The van der Waals surface area contributed by atoms with Crippen molar-refractivity contribution in [3.63, 3.8) is 0 Å². The Labute approximate surface area is 103 Å². The van der Waals surface area contributed by atoms with Crippen molar-refractivity contribution in [3.05, 3.63) is 35.9 Å². The maximum absolute atomic E-state index is 11.3. The van der Waals surface area contributed by atoms with E-state index in [0.717, 1.165) is 19.4 Å². The van der Waals surface area contributed by atoms with Crippen molar-refractivity contribution < 1.29 is 9.53 Å². The maximum atomic E-state index is 11.3. The van der Waals surface area contributed by atoms with Crippen LogP contribution < -0.4 is 5.32 Å². The van der Waals surface area contributed by atoms with Gasteiger partial charge in [0.25, 0.3) is 0 Å². The number of hydrogen-bond acceptors (Lipinski definition) is 3. The fraction of sp³-hybridized carbons (Fsp3) is 0.500. The summed E-state index contributed by atoms with van der Waals surface area (Å²) in [6, 6.07) is 10.4.